The molecule has 1 aromatic heterocycles. The summed E-state index contributed by atoms with van der Waals surface area (Å²) in [5, 5.41) is 2.55. The van der Waals surface area contributed by atoms with Crippen LogP contribution in [0.4, 0.5) is 4.39 Å². The van der Waals surface area contributed by atoms with E-state index in [0.29, 0.717) is 0 Å². The Kier molecular flexibility index (Phi) is 9.95. The predicted molar refractivity (Wildman–Crippen MR) is 132 cm³/mol. The molecule has 0 aliphatic rings. The van der Waals surface area contributed by atoms with Crippen LogP contribution in [0.1, 0.15) is 69.1 Å². The smallest absolute Gasteiger partial charge is 0.328 e. The Hall–Kier alpha value is -3.49. The fraction of sp³-hybridized carbons (Fsp3) is 0.481. The van der Waals surface area contributed by atoms with Crippen molar-refractivity contribution in [3.8, 4) is 11.5 Å². The second-order valence-corrected chi connectivity index (χ2v) is 9.37. The number of hydrogen-bond donors (Lipinski definition) is 1. The lowest BCUT2D eigenvalue weighted by Gasteiger charge is -2.30. The Morgan fingerprint density at radius 2 is 1.67 bits per heavy atom. The second-order valence-electron chi connectivity index (χ2n) is 9.37. The summed E-state index contributed by atoms with van der Waals surface area (Å²) in [4.78, 5) is 42.0. The summed E-state index contributed by atoms with van der Waals surface area (Å²) >= 11 is 0. The zero-order valence-electron chi connectivity index (χ0n) is 22.0. The molecule has 0 fully saturated rings. The van der Waals surface area contributed by atoms with Gasteiger partial charge in [0.05, 0.1) is 13.0 Å². The van der Waals surface area contributed by atoms with Gasteiger partial charge >= 0.3 is 11.9 Å². The van der Waals surface area contributed by atoms with Crippen molar-refractivity contribution >= 4 is 17.8 Å². The lowest BCUT2D eigenvalue weighted by molar-refractivity contribution is -0.151. The zero-order chi connectivity index (χ0) is 27.2. The summed E-state index contributed by atoms with van der Waals surface area (Å²) in [5.41, 5.74) is 1.46. The molecule has 9 heteroatoms. The lowest BCUT2D eigenvalue weighted by atomic mass is 9.82. The number of ether oxygens (including phenoxy) is 3. The summed E-state index contributed by atoms with van der Waals surface area (Å²) in [6.45, 7) is 12.4. The highest BCUT2D eigenvalue weighted by Crippen LogP contribution is 2.33. The average molecular weight is 503 g/mol. The van der Waals surface area contributed by atoms with Crippen LogP contribution >= 0.6 is 0 Å². The lowest BCUT2D eigenvalue weighted by Crippen LogP contribution is -2.42. The first-order valence-corrected chi connectivity index (χ1v) is 11.9. The molecule has 1 aromatic carbocycles. The van der Waals surface area contributed by atoms with Crippen LogP contribution in [0.5, 0.6) is 11.5 Å². The molecule has 0 spiro atoms. The van der Waals surface area contributed by atoms with E-state index in [1.165, 1.54) is 38.4 Å². The molecular weight excluding hydrogens is 467 g/mol. The van der Waals surface area contributed by atoms with E-state index >= 15 is 0 Å². The molecule has 3 atom stereocenters. The number of halogens is 1. The first-order valence-electron chi connectivity index (χ1n) is 11.9. The standard InChI is InChI=1S/C27H35FN2O6/c1-14(2)22(20-10-9-19(28)13-16(20)5)18(7)35-27(33)17(6)30-25(31)23-24(36-26(32)15(3)4)21(34-8)11-12-29-23/h9-15,17-18,22H,1-8H3,(H,30,31)/t17-,18-,22+/m0/s1. The average Bonchev–Trinajstić information content (AvgIpc) is 2.80. The van der Waals surface area contributed by atoms with Crippen molar-refractivity contribution in [1.29, 1.82) is 0 Å². The Balaban J connectivity index is 2.18. The van der Waals surface area contributed by atoms with Gasteiger partial charge in [-0.15, -0.1) is 0 Å². The van der Waals surface area contributed by atoms with Gasteiger partial charge in [0.15, 0.2) is 11.4 Å². The fourth-order valence-corrected chi connectivity index (χ4v) is 3.92. The van der Waals surface area contributed by atoms with Crippen LogP contribution in [0.2, 0.25) is 0 Å². The van der Waals surface area contributed by atoms with Gasteiger partial charge in [-0.3, -0.25) is 9.59 Å². The topological polar surface area (TPSA) is 104 Å². The number of carbonyl (C=O) groups excluding carboxylic acids is 3. The molecule has 8 nitrogen and oxygen atoms in total. The van der Waals surface area contributed by atoms with E-state index in [0.717, 1.165) is 11.1 Å². The molecule has 196 valence electrons. The summed E-state index contributed by atoms with van der Waals surface area (Å²) in [6.07, 6.45) is 0.794. The molecule has 0 unspecified atom stereocenters. The number of amides is 1. The van der Waals surface area contributed by atoms with Crippen LogP contribution in [0.15, 0.2) is 30.5 Å². The number of nitrogens with one attached hydrogen (secondary N) is 1. The Bertz CT molecular complexity index is 1100. The molecule has 2 aromatic rings. The van der Waals surface area contributed by atoms with E-state index in [9.17, 15) is 18.8 Å². The second kappa shape index (κ2) is 12.5. The molecule has 0 aliphatic carbocycles. The third-order valence-electron chi connectivity index (χ3n) is 5.80. The largest absolute Gasteiger partial charge is 0.493 e. The highest BCUT2D eigenvalue weighted by molar-refractivity contribution is 5.98. The van der Waals surface area contributed by atoms with Crippen LogP contribution in [0.3, 0.4) is 0 Å². The number of methoxy groups -OCH3 is 1. The number of benzene rings is 1. The number of esters is 2. The highest BCUT2D eigenvalue weighted by Gasteiger charge is 2.30. The van der Waals surface area contributed by atoms with Crippen molar-refractivity contribution in [3.63, 3.8) is 0 Å². The maximum absolute atomic E-state index is 13.6. The van der Waals surface area contributed by atoms with E-state index in [1.54, 1.807) is 26.8 Å². The molecule has 0 radical (unpaired) electrons. The van der Waals surface area contributed by atoms with Gasteiger partial charge in [-0.2, -0.15) is 0 Å². The highest BCUT2D eigenvalue weighted by atomic mass is 19.1. The minimum atomic E-state index is -1.02. The molecule has 0 saturated carbocycles. The van der Waals surface area contributed by atoms with E-state index in [2.05, 4.69) is 10.3 Å². The monoisotopic (exact) mass is 502 g/mol. The van der Waals surface area contributed by atoms with Crippen LogP contribution in [-0.4, -0.2) is 42.1 Å². The number of carbonyl (C=O) groups is 3. The van der Waals surface area contributed by atoms with Crippen molar-refractivity contribution in [1.82, 2.24) is 10.3 Å². The SMILES string of the molecule is COc1ccnc(C(=O)N[C@@H](C)C(=O)O[C@@H](C)[C@H](c2ccc(F)cc2C)C(C)C)c1OC(=O)C(C)C. The third kappa shape index (κ3) is 7.02. The molecule has 1 N–H and O–H groups in total. The van der Waals surface area contributed by atoms with Gasteiger partial charge < -0.3 is 19.5 Å². The van der Waals surface area contributed by atoms with Gasteiger partial charge in [0.2, 0.25) is 5.75 Å². The predicted octanol–water partition coefficient (Wildman–Crippen LogP) is 4.59. The molecule has 0 bridgehead atoms. The van der Waals surface area contributed by atoms with Crippen LogP contribution in [0.25, 0.3) is 0 Å². The van der Waals surface area contributed by atoms with Crippen LogP contribution in [0, 0.1) is 24.6 Å². The summed E-state index contributed by atoms with van der Waals surface area (Å²) in [7, 11) is 1.37. The zero-order valence-corrected chi connectivity index (χ0v) is 22.0. The Morgan fingerprint density at radius 1 is 1.00 bits per heavy atom. The van der Waals surface area contributed by atoms with Crippen molar-refractivity contribution < 1.29 is 33.0 Å². The van der Waals surface area contributed by atoms with Gasteiger partial charge in [-0.05, 0) is 49.9 Å². The summed E-state index contributed by atoms with van der Waals surface area (Å²) in [6, 6.07) is 4.98. The van der Waals surface area contributed by atoms with Gasteiger partial charge in [-0.25, -0.2) is 14.2 Å². The van der Waals surface area contributed by atoms with Gasteiger partial charge in [0.1, 0.15) is 18.0 Å². The number of aromatic nitrogens is 1. The van der Waals surface area contributed by atoms with Crippen molar-refractivity contribution in [3.05, 3.63) is 53.1 Å². The van der Waals surface area contributed by atoms with E-state index < -0.39 is 35.9 Å². The van der Waals surface area contributed by atoms with Gasteiger partial charge in [-0.1, -0.05) is 33.8 Å². The van der Waals surface area contributed by atoms with Gasteiger partial charge in [0.25, 0.3) is 5.91 Å². The maximum atomic E-state index is 13.6. The van der Waals surface area contributed by atoms with Crippen molar-refractivity contribution in [2.24, 2.45) is 11.8 Å². The third-order valence-corrected chi connectivity index (χ3v) is 5.80. The van der Waals surface area contributed by atoms with E-state index in [1.807, 2.05) is 20.8 Å². The first kappa shape index (κ1) is 28.7. The Morgan fingerprint density at radius 3 is 2.22 bits per heavy atom. The summed E-state index contributed by atoms with van der Waals surface area (Å²) in [5.74, 6) is -2.77. The maximum Gasteiger partial charge on any atom is 0.328 e. The number of pyridine rings is 1. The minimum Gasteiger partial charge on any atom is -0.493 e. The molecule has 0 aliphatic heterocycles. The van der Waals surface area contributed by atoms with E-state index in [-0.39, 0.29) is 34.8 Å². The summed E-state index contributed by atoms with van der Waals surface area (Å²) < 4.78 is 29.9. The fourth-order valence-electron chi connectivity index (χ4n) is 3.92. The normalized spacial score (nSPS) is 13.6. The van der Waals surface area contributed by atoms with E-state index in [4.69, 9.17) is 14.2 Å². The molecule has 2 rings (SSSR count). The van der Waals surface area contributed by atoms with Crippen LogP contribution < -0.4 is 14.8 Å². The van der Waals surface area contributed by atoms with Crippen LogP contribution in [-0.2, 0) is 14.3 Å². The van der Waals surface area contributed by atoms with Crippen molar-refractivity contribution in [2.45, 2.75) is 66.5 Å². The quantitative estimate of drug-likeness (QED) is 0.474. The molecule has 1 amide bonds. The molecule has 0 saturated heterocycles. The molecule has 36 heavy (non-hydrogen) atoms. The molecule has 1 heterocycles. The minimum absolute atomic E-state index is 0.0982. The number of nitrogens with zero attached hydrogens (tertiary/aromatic N) is 1. The van der Waals surface area contributed by atoms with Gasteiger partial charge in [0, 0.05) is 18.2 Å². The number of hydrogen-bond acceptors (Lipinski definition) is 7. The first-order chi connectivity index (χ1) is 16.9. The number of rotatable bonds is 10. The van der Waals surface area contributed by atoms with Crippen molar-refractivity contribution in [2.75, 3.05) is 7.11 Å². The number of aryl methyl sites for hydroxylation is 1. The Labute approximate surface area is 211 Å². The molecular formula is C27H35FN2O6.